The van der Waals surface area contributed by atoms with Gasteiger partial charge in [0.1, 0.15) is 18.8 Å². The molecule has 0 aliphatic carbocycles. The molecule has 0 spiro atoms. The molecule has 7 nitrogen and oxygen atoms in total. The monoisotopic (exact) mass is 314 g/mol. The molecule has 0 radical (unpaired) electrons. The second-order valence-electron chi connectivity index (χ2n) is 4.27. The summed E-state index contributed by atoms with van der Waals surface area (Å²) in [7, 11) is 0. The predicted octanol–water partition coefficient (Wildman–Crippen LogP) is 0.506. The van der Waals surface area contributed by atoms with E-state index in [-0.39, 0.29) is 0 Å². The zero-order chi connectivity index (χ0) is 16.0. The lowest BCUT2D eigenvalue weighted by Gasteiger charge is -2.23. The number of ether oxygens (including phenoxy) is 1. The molecule has 1 atom stereocenters. The number of carboxylic acids is 1. The molecular formula is C13H15ClN2O5. The highest BCUT2D eigenvalue weighted by Gasteiger charge is 2.25. The van der Waals surface area contributed by atoms with Gasteiger partial charge in [-0.25, -0.2) is 0 Å². The van der Waals surface area contributed by atoms with E-state index in [4.69, 9.17) is 27.2 Å². The van der Waals surface area contributed by atoms with Gasteiger partial charge in [-0.15, -0.1) is 0 Å². The zero-order valence-corrected chi connectivity index (χ0v) is 12.0. The third kappa shape index (κ3) is 5.70. The number of carboxylic acid groups (broad SMARTS) is 1. The molecule has 0 bridgehead atoms. The molecule has 1 aromatic rings. The zero-order valence-electron chi connectivity index (χ0n) is 11.3. The number of halogens is 1. The number of benzene rings is 1. The van der Waals surface area contributed by atoms with Gasteiger partial charge in [-0.1, -0.05) is 11.6 Å². The fourth-order valence-corrected chi connectivity index (χ4v) is 1.71. The fourth-order valence-electron chi connectivity index (χ4n) is 1.59. The number of aliphatic carboxylic acids is 1. The first-order valence-corrected chi connectivity index (χ1v) is 6.38. The lowest BCUT2D eigenvalue weighted by molar-refractivity contribution is -0.148. The Morgan fingerprint density at radius 3 is 2.33 bits per heavy atom. The summed E-state index contributed by atoms with van der Waals surface area (Å²) >= 11 is 5.73. The van der Waals surface area contributed by atoms with Gasteiger partial charge in [-0.2, -0.15) is 0 Å². The number of rotatable bonds is 7. The van der Waals surface area contributed by atoms with Crippen molar-refractivity contribution in [1.29, 1.82) is 0 Å². The van der Waals surface area contributed by atoms with Crippen LogP contribution in [0.15, 0.2) is 24.3 Å². The maximum Gasteiger partial charge on any atom is 0.323 e. The van der Waals surface area contributed by atoms with Gasteiger partial charge in [0.15, 0.2) is 6.10 Å². The highest BCUT2D eigenvalue weighted by molar-refractivity contribution is 6.30. The van der Waals surface area contributed by atoms with Crippen LogP contribution in [0.25, 0.3) is 0 Å². The molecule has 1 aromatic carbocycles. The quantitative estimate of drug-likeness (QED) is 0.761. The molecule has 0 saturated heterocycles. The maximum absolute atomic E-state index is 12.1. The Hall–Kier alpha value is -2.28. The van der Waals surface area contributed by atoms with Gasteiger partial charge < -0.3 is 20.5 Å². The molecule has 8 heteroatoms. The average Bonchev–Trinajstić information content (AvgIpc) is 2.38. The minimum absolute atomic E-state index is 0.398. The number of hydrogen-bond donors (Lipinski definition) is 2. The summed E-state index contributed by atoms with van der Waals surface area (Å²) in [4.78, 5) is 34.5. The minimum Gasteiger partial charge on any atom is -0.481 e. The van der Waals surface area contributed by atoms with Crippen LogP contribution in [0.5, 0.6) is 5.75 Å². The van der Waals surface area contributed by atoms with Crippen LogP contribution in [0, 0.1) is 0 Å². The SMILES string of the molecule is CC(Oc1ccc(Cl)cc1)C(=O)N(CC(N)=O)CC(=O)O. The smallest absolute Gasteiger partial charge is 0.323 e. The van der Waals surface area contributed by atoms with Crippen LogP contribution in [0.2, 0.25) is 5.02 Å². The van der Waals surface area contributed by atoms with E-state index in [1.165, 1.54) is 6.92 Å². The number of nitrogens with two attached hydrogens (primary N) is 1. The van der Waals surface area contributed by atoms with E-state index in [1.54, 1.807) is 24.3 Å². The first-order valence-electron chi connectivity index (χ1n) is 6.00. The van der Waals surface area contributed by atoms with E-state index >= 15 is 0 Å². The summed E-state index contributed by atoms with van der Waals surface area (Å²) in [6, 6.07) is 6.32. The van der Waals surface area contributed by atoms with Crippen molar-refractivity contribution >= 4 is 29.4 Å². The van der Waals surface area contributed by atoms with Crippen LogP contribution in [-0.2, 0) is 14.4 Å². The van der Waals surface area contributed by atoms with Gasteiger partial charge in [0.05, 0.1) is 0 Å². The minimum atomic E-state index is -1.25. The van der Waals surface area contributed by atoms with Crippen LogP contribution in [-0.4, -0.2) is 47.0 Å². The Kier molecular flexibility index (Phi) is 5.98. The maximum atomic E-state index is 12.1. The number of carbonyl (C=O) groups is 3. The van der Waals surface area contributed by atoms with E-state index in [9.17, 15) is 14.4 Å². The highest BCUT2D eigenvalue weighted by Crippen LogP contribution is 2.17. The van der Waals surface area contributed by atoms with Gasteiger partial charge in [-0.05, 0) is 31.2 Å². The molecule has 0 aromatic heterocycles. The van der Waals surface area contributed by atoms with E-state index < -0.39 is 37.0 Å². The molecule has 0 saturated carbocycles. The third-order valence-electron chi connectivity index (χ3n) is 2.46. The molecule has 2 amide bonds. The second kappa shape index (κ2) is 7.49. The molecule has 0 heterocycles. The second-order valence-corrected chi connectivity index (χ2v) is 4.70. The fraction of sp³-hybridized carbons (Fsp3) is 0.308. The molecule has 21 heavy (non-hydrogen) atoms. The first-order chi connectivity index (χ1) is 9.79. The van der Waals surface area contributed by atoms with Crippen molar-refractivity contribution in [3.63, 3.8) is 0 Å². The summed E-state index contributed by atoms with van der Waals surface area (Å²) in [5, 5.41) is 9.26. The van der Waals surface area contributed by atoms with Crippen molar-refractivity contribution in [2.75, 3.05) is 13.1 Å². The van der Waals surface area contributed by atoms with Crippen molar-refractivity contribution in [3.8, 4) is 5.75 Å². The van der Waals surface area contributed by atoms with E-state index in [1.807, 2.05) is 0 Å². The average molecular weight is 315 g/mol. The van der Waals surface area contributed by atoms with Crippen LogP contribution < -0.4 is 10.5 Å². The molecule has 1 unspecified atom stereocenters. The summed E-state index contributed by atoms with van der Waals surface area (Å²) in [6.45, 7) is 0.336. The van der Waals surface area contributed by atoms with Crippen LogP contribution in [0.1, 0.15) is 6.92 Å². The number of primary amides is 1. The van der Waals surface area contributed by atoms with Crippen LogP contribution >= 0.6 is 11.6 Å². The van der Waals surface area contributed by atoms with Crippen LogP contribution in [0.4, 0.5) is 0 Å². The standard InChI is InChI=1S/C13H15ClN2O5/c1-8(21-10-4-2-9(14)3-5-10)13(20)16(6-11(15)17)7-12(18)19/h2-5,8H,6-7H2,1H3,(H2,15,17)(H,18,19). The molecular weight excluding hydrogens is 300 g/mol. The highest BCUT2D eigenvalue weighted by atomic mass is 35.5. The molecule has 114 valence electrons. The Bertz CT molecular complexity index is 516. The summed E-state index contributed by atoms with van der Waals surface area (Å²) in [6.07, 6.45) is -0.968. The normalized spacial score (nSPS) is 11.5. The van der Waals surface area contributed by atoms with Gasteiger partial charge in [0.25, 0.3) is 5.91 Å². The Labute approximate surface area is 126 Å². The van der Waals surface area contributed by atoms with E-state index in [0.29, 0.717) is 10.8 Å². The van der Waals surface area contributed by atoms with Gasteiger partial charge >= 0.3 is 5.97 Å². The van der Waals surface area contributed by atoms with Crippen molar-refractivity contribution in [2.24, 2.45) is 5.73 Å². The summed E-state index contributed by atoms with van der Waals surface area (Å²) in [5.74, 6) is -2.30. The molecule has 0 aliphatic rings. The topological polar surface area (TPSA) is 110 Å². The molecule has 0 aliphatic heterocycles. The first kappa shape index (κ1) is 16.8. The van der Waals surface area contributed by atoms with E-state index in [2.05, 4.69) is 0 Å². The lowest BCUT2D eigenvalue weighted by Crippen LogP contribution is -2.46. The number of nitrogens with zero attached hydrogens (tertiary/aromatic N) is 1. The molecule has 3 N–H and O–H groups in total. The van der Waals surface area contributed by atoms with Crippen molar-refractivity contribution < 1.29 is 24.2 Å². The van der Waals surface area contributed by atoms with Gasteiger partial charge in [-0.3, -0.25) is 14.4 Å². The Balaban J connectivity index is 2.74. The van der Waals surface area contributed by atoms with Crippen molar-refractivity contribution in [3.05, 3.63) is 29.3 Å². The van der Waals surface area contributed by atoms with Crippen molar-refractivity contribution in [1.82, 2.24) is 4.90 Å². The predicted molar refractivity (Wildman–Crippen MR) is 75.0 cm³/mol. The Morgan fingerprint density at radius 1 is 1.29 bits per heavy atom. The van der Waals surface area contributed by atoms with Crippen LogP contribution in [0.3, 0.4) is 0 Å². The number of carbonyl (C=O) groups excluding carboxylic acids is 2. The lowest BCUT2D eigenvalue weighted by atomic mass is 10.3. The van der Waals surface area contributed by atoms with Gasteiger partial charge in [0.2, 0.25) is 5.91 Å². The molecule has 1 rings (SSSR count). The van der Waals surface area contributed by atoms with Gasteiger partial charge in [0, 0.05) is 5.02 Å². The Morgan fingerprint density at radius 2 is 1.86 bits per heavy atom. The largest absolute Gasteiger partial charge is 0.481 e. The third-order valence-corrected chi connectivity index (χ3v) is 2.71. The number of hydrogen-bond acceptors (Lipinski definition) is 4. The van der Waals surface area contributed by atoms with E-state index in [0.717, 1.165) is 4.90 Å². The summed E-state index contributed by atoms with van der Waals surface area (Å²) in [5.41, 5.74) is 4.99. The number of amides is 2. The summed E-state index contributed by atoms with van der Waals surface area (Å²) < 4.78 is 5.38. The molecule has 0 fully saturated rings. The van der Waals surface area contributed by atoms with Crippen molar-refractivity contribution in [2.45, 2.75) is 13.0 Å².